The summed E-state index contributed by atoms with van der Waals surface area (Å²) in [4.78, 5) is 21.7. The Morgan fingerprint density at radius 2 is 2.07 bits per heavy atom. The Morgan fingerprint density at radius 1 is 1.21 bits per heavy atom. The average molecular weight is 445 g/mol. The van der Waals surface area contributed by atoms with Crippen molar-refractivity contribution in [3.05, 3.63) is 53.3 Å². The fourth-order valence-corrected chi connectivity index (χ4v) is 3.23. The number of carbonyl (C=O) groups is 1. The van der Waals surface area contributed by atoms with E-state index in [1.54, 1.807) is 0 Å². The molecule has 0 radical (unpaired) electrons. The van der Waals surface area contributed by atoms with Crippen LogP contribution in [0.4, 0.5) is 17.2 Å². The van der Waals surface area contributed by atoms with Crippen LogP contribution in [0.1, 0.15) is 6.92 Å². The molecule has 2 aromatic carbocycles. The molecule has 0 aliphatic carbocycles. The number of rotatable bonds is 8. The minimum absolute atomic E-state index is 0.00739. The van der Waals surface area contributed by atoms with Crippen molar-refractivity contribution in [2.24, 2.45) is 0 Å². The number of esters is 1. The lowest BCUT2D eigenvalue weighted by Crippen LogP contribution is -2.30. The highest BCUT2D eigenvalue weighted by Gasteiger charge is 2.11. The van der Waals surface area contributed by atoms with Crippen LogP contribution in [0.3, 0.4) is 0 Å². The lowest BCUT2D eigenvalue weighted by atomic mass is 10.2. The van der Waals surface area contributed by atoms with E-state index in [4.69, 9.17) is 4.74 Å². The predicted molar refractivity (Wildman–Crippen MR) is 113 cm³/mol. The molecule has 1 heterocycles. The van der Waals surface area contributed by atoms with E-state index in [9.17, 15) is 9.90 Å². The van der Waals surface area contributed by atoms with E-state index >= 15 is 0 Å². The van der Waals surface area contributed by atoms with Crippen molar-refractivity contribution in [1.82, 2.24) is 9.97 Å². The standard InChI is InChI=1S/C20H21BrN4O3/c1-14(27)28-10-8-25(7-9-26)17-5-6-19-18(12-17)20(23-13-22-19)24-16-4-2-3-15(21)11-16/h2-6,11-13,26H,7-10H2,1H3,(H,22,23,24). The Bertz CT molecular complexity index is 967. The second kappa shape index (κ2) is 9.48. The second-order valence-corrected chi connectivity index (χ2v) is 7.03. The van der Waals surface area contributed by atoms with E-state index in [2.05, 4.69) is 31.2 Å². The number of aliphatic hydroxyl groups excluding tert-OH is 1. The quantitative estimate of drug-likeness (QED) is 0.514. The molecule has 0 amide bonds. The molecule has 0 unspecified atom stereocenters. The van der Waals surface area contributed by atoms with Gasteiger partial charge in [0.2, 0.25) is 0 Å². The van der Waals surface area contributed by atoms with Gasteiger partial charge in [0.15, 0.2) is 0 Å². The van der Waals surface area contributed by atoms with Gasteiger partial charge in [0.25, 0.3) is 0 Å². The van der Waals surface area contributed by atoms with Crippen LogP contribution in [0.5, 0.6) is 0 Å². The first-order valence-electron chi connectivity index (χ1n) is 8.83. The number of aromatic nitrogens is 2. The lowest BCUT2D eigenvalue weighted by Gasteiger charge is -2.24. The topological polar surface area (TPSA) is 87.6 Å². The fourth-order valence-electron chi connectivity index (χ4n) is 2.83. The maximum atomic E-state index is 11.0. The Hall–Kier alpha value is -2.71. The maximum Gasteiger partial charge on any atom is 0.302 e. The molecular weight excluding hydrogens is 424 g/mol. The molecular formula is C20H21BrN4O3. The first kappa shape index (κ1) is 20.0. The molecule has 28 heavy (non-hydrogen) atoms. The Balaban J connectivity index is 1.90. The van der Waals surface area contributed by atoms with Crippen LogP contribution < -0.4 is 10.2 Å². The number of hydrogen-bond donors (Lipinski definition) is 2. The van der Waals surface area contributed by atoms with Crippen LogP contribution in [-0.2, 0) is 9.53 Å². The zero-order valence-electron chi connectivity index (χ0n) is 15.4. The Morgan fingerprint density at radius 3 is 2.82 bits per heavy atom. The zero-order valence-corrected chi connectivity index (χ0v) is 17.0. The summed E-state index contributed by atoms with van der Waals surface area (Å²) in [6.45, 7) is 2.53. The van der Waals surface area contributed by atoms with Crippen molar-refractivity contribution < 1.29 is 14.6 Å². The number of nitrogens with zero attached hydrogens (tertiary/aromatic N) is 3. The highest BCUT2D eigenvalue weighted by molar-refractivity contribution is 9.10. The highest BCUT2D eigenvalue weighted by Crippen LogP contribution is 2.28. The molecule has 0 saturated carbocycles. The van der Waals surface area contributed by atoms with Gasteiger partial charge in [0.05, 0.1) is 18.7 Å². The average Bonchev–Trinajstić information content (AvgIpc) is 2.67. The highest BCUT2D eigenvalue weighted by atomic mass is 79.9. The first-order valence-corrected chi connectivity index (χ1v) is 9.62. The third-order valence-corrected chi connectivity index (χ3v) is 4.60. The Kier molecular flexibility index (Phi) is 6.78. The van der Waals surface area contributed by atoms with Gasteiger partial charge in [0, 0.05) is 34.7 Å². The summed E-state index contributed by atoms with van der Waals surface area (Å²) < 4.78 is 6.01. The zero-order chi connectivity index (χ0) is 19.9. The molecule has 0 aliphatic rings. The van der Waals surface area contributed by atoms with Crippen LogP contribution in [0, 0.1) is 0 Å². The van der Waals surface area contributed by atoms with E-state index in [1.807, 2.05) is 47.4 Å². The molecule has 0 fully saturated rings. The SMILES string of the molecule is CC(=O)OCCN(CCO)c1ccc2ncnc(Nc3cccc(Br)c3)c2c1. The van der Waals surface area contributed by atoms with Gasteiger partial charge in [-0.05, 0) is 36.4 Å². The van der Waals surface area contributed by atoms with Crippen LogP contribution in [-0.4, -0.2) is 47.3 Å². The Labute approximate surface area is 171 Å². The number of nitrogens with one attached hydrogen (secondary N) is 1. The summed E-state index contributed by atoms with van der Waals surface area (Å²) in [5.74, 6) is 0.366. The molecule has 2 N–H and O–H groups in total. The largest absolute Gasteiger partial charge is 0.464 e. The van der Waals surface area contributed by atoms with Crippen LogP contribution in [0.2, 0.25) is 0 Å². The van der Waals surface area contributed by atoms with Crippen molar-refractivity contribution in [2.75, 3.05) is 36.5 Å². The minimum Gasteiger partial charge on any atom is -0.464 e. The molecule has 8 heteroatoms. The van der Waals surface area contributed by atoms with E-state index in [-0.39, 0.29) is 19.2 Å². The molecule has 1 aromatic heterocycles. The van der Waals surface area contributed by atoms with Gasteiger partial charge in [-0.3, -0.25) is 4.79 Å². The smallest absolute Gasteiger partial charge is 0.302 e. The normalized spacial score (nSPS) is 10.7. The van der Waals surface area contributed by atoms with Crippen molar-refractivity contribution in [3.63, 3.8) is 0 Å². The third kappa shape index (κ3) is 5.17. The monoisotopic (exact) mass is 444 g/mol. The molecule has 0 bridgehead atoms. The molecule has 0 atom stereocenters. The number of halogens is 1. The van der Waals surface area contributed by atoms with Crippen LogP contribution in [0.15, 0.2) is 53.3 Å². The van der Waals surface area contributed by atoms with Crippen molar-refractivity contribution >= 4 is 50.0 Å². The molecule has 0 saturated heterocycles. The van der Waals surface area contributed by atoms with E-state index in [1.165, 1.54) is 13.3 Å². The summed E-state index contributed by atoms with van der Waals surface area (Å²) in [6, 6.07) is 13.6. The second-order valence-electron chi connectivity index (χ2n) is 6.11. The summed E-state index contributed by atoms with van der Waals surface area (Å²) in [6.07, 6.45) is 1.52. The molecule has 146 valence electrons. The molecule has 7 nitrogen and oxygen atoms in total. The van der Waals surface area contributed by atoms with Gasteiger partial charge in [-0.15, -0.1) is 0 Å². The predicted octanol–water partition coefficient (Wildman–Crippen LogP) is 3.50. The number of ether oxygens (including phenoxy) is 1. The number of hydrogen-bond acceptors (Lipinski definition) is 7. The first-order chi connectivity index (χ1) is 13.6. The molecule has 3 rings (SSSR count). The fraction of sp³-hybridized carbons (Fsp3) is 0.250. The van der Waals surface area contributed by atoms with Gasteiger partial charge >= 0.3 is 5.97 Å². The molecule has 0 spiro atoms. The summed E-state index contributed by atoms with van der Waals surface area (Å²) in [7, 11) is 0. The van der Waals surface area contributed by atoms with Gasteiger partial charge in [-0.2, -0.15) is 0 Å². The van der Waals surface area contributed by atoms with Crippen LogP contribution in [0.25, 0.3) is 10.9 Å². The van der Waals surface area contributed by atoms with E-state index in [0.717, 1.165) is 26.8 Å². The maximum absolute atomic E-state index is 11.0. The van der Waals surface area contributed by atoms with Crippen LogP contribution >= 0.6 is 15.9 Å². The number of fused-ring (bicyclic) bond motifs is 1. The van der Waals surface area contributed by atoms with Crippen molar-refractivity contribution in [3.8, 4) is 0 Å². The number of anilines is 3. The van der Waals surface area contributed by atoms with Gasteiger partial charge in [0.1, 0.15) is 18.8 Å². The summed E-state index contributed by atoms with van der Waals surface area (Å²) >= 11 is 3.47. The van der Waals surface area contributed by atoms with Gasteiger partial charge in [-0.1, -0.05) is 22.0 Å². The summed E-state index contributed by atoms with van der Waals surface area (Å²) in [5, 5.41) is 13.6. The minimum atomic E-state index is -0.323. The van der Waals surface area contributed by atoms with Crippen molar-refractivity contribution in [1.29, 1.82) is 0 Å². The van der Waals surface area contributed by atoms with Crippen molar-refractivity contribution in [2.45, 2.75) is 6.92 Å². The lowest BCUT2D eigenvalue weighted by molar-refractivity contribution is -0.140. The third-order valence-electron chi connectivity index (χ3n) is 4.11. The van der Waals surface area contributed by atoms with Gasteiger partial charge in [-0.25, -0.2) is 9.97 Å². The molecule has 3 aromatic rings. The molecule has 0 aliphatic heterocycles. The number of benzene rings is 2. The summed E-state index contributed by atoms with van der Waals surface area (Å²) in [5.41, 5.74) is 2.60. The number of aliphatic hydroxyl groups is 1. The number of carbonyl (C=O) groups excluding carboxylic acids is 1. The van der Waals surface area contributed by atoms with Gasteiger partial charge < -0.3 is 20.1 Å². The van der Waals surface area contributed by atoms with E-state index < -0.39 is 0 Å². The van der Waals surface area contributed by atoms with E-state index in [0.29, 0.717) is 18.9 Å².